The number of para-hydroxylation sites is 1. The van der Waals surface area contributed by atoms with Crippen LogP contribution in [0.15, 0.2) is 70.2 Å². The third kappa shape index (κ3) is 3.13. The number of ketones is 1. The fourth-order valence-corrected chi connectivity index (χ4v) is 3.93. The average Bonchev–Trinajstić information content (AvgIpc) is 3.42. The highest BCUT2D eigenvalue weighted by atomic mass is 32.1. The predicted molar refractivity (Wildman–Crippen MR) is 110 cm³/mol. The maximum Gasteiger partial charge on any atom is 0.379 e. The number of benzene rings is 2. The highest BCUT2D eigenvalue weighted by Crippen LogP contribution is 2.38. The number of fused-ring (bicyclic) bond motifs is 2. The van der Waals surface area contributed by atoms with Gasteiger partial charge in [0.05, 0.1) is 5.56 Å². The monoisotopic (exact) mass is 402 g/mol. The van der Waals surface area contributed by atoms with Gasteiger partial charge in [0.15, 0.2) is 5.76 Å². The van der Waals surface area contributed by atoms with Crippen LogP contribution in [0.1, 0.15) is 31.4 Å². The number of hydrogen-bond donors (Lipinski definition) is 0. The molecule has 4 aromatic rings. The van der Waals surface area contributed by atoms with E-state index in [1.54, 1.807) is 37.3 Å². The van der Waals surface area contributed by atoms with Crippen LogP contribution < -0.4 is 9.47 Å². The van der Waals surface area contributed by atoms with Gasteiger partial charge in [-0.2, -0.15) is 0 Å². The van der Waals surface area contributed by atoms with E-state index in [0.717, 1.165) is 10.3 Å². The summed E-state index contributed by atoms with van der Waals surface area (Å²) in [5.74, 6) is 0.244. The van der Waals surface area contributed by atoms with Crippen LogP contribution in [-0.2, 0) is 0 Å². The van der Waals surface area contributed by atoms with Gasteiger partial charge in [0.25, 0.3) is 0 Å². The number of ether oxygens (including phenoxy) is 2. The first kappa shape index (κ1) is 17.5. The molecule has 0 fully saturated rings. The number of carbonyl (C=O) groups excluding carboxylic acids is 2. The van der Waals surface area contributed by atoms with Gasteiger partial charge in [-0.1, -0.05) is 24.3 Å². The Bertz CT molecular complexity index is 1260. The minimum absolute atomic E-state index is 0.111. The summed E-state index contributed by atoms with van der Waals surface area (Å²) in [5, 5.41) is 2.75. The van der Waals surface area contributed by atoms with Gasteiger partial charge in [-0.25, -0.2) is 4.79 Å². The Kier molecular flexibility index (Phi) is 4.07. The lowest BCUT2D eigenvalue weighted by Gasteiger charge is -2.06. The fourth-order valence-electron chi connectivity index (χ4n) is 3.28. The van der Waals surface area contributed by atoms with Gasteiger partial charge in [-0.15, -0.1) is 11.3 Å². The standard InChI is InChI=1S/C23H14O5S/c1-13-9-15(26-23(25)20-10-14-5-2-3-7-17(14)27-20)11-18-21(13)22(24)19(28-18)12-16-6-4-8-29-16/h2-12H,1H3/b19-12-. The molecular formula is C23H14O5S. The smallest absolute Gasteiger partial charge is 0.379 e. The molecule has 5 rings (SSSR count). The summed E-state index contributed by atoms with van der Waals surface area (Å²) >= 11 is 1.52. The Hall–Kier alpha value is -3.64. The molecule has 0 saturated heterocycles. The van der Waals surface area contributed by atoms with Gasteiger partial charge in [-0.3, -0.25) is 4.79 Å². The van der Waals surface area contributed by atoms with Crippen LogP contribution in [0.2, 0.25) is 0 Å². The van der Waals surface area contributed by atoms with E-state index in [2.05, 4.69) is 0 Å². The van der Waals surface area contributed by atoms with Crippen LogP contribution in [0.25, 0.3) is 17.0 Å². The molecule has 2 aromatic heterocycles. The lowest BCUT2D eigenvalue weighted by atomic mass is 10.0. The summed E-state index contributed by atoms with van der Waals surface area (Å²) in [5.41, 5.74) is 1.77. The lowest BCUT2D eigenvalue weighted by Crippen LogP contribution is -2.07. The number of carbonyl (C=O) groups is 2. The highest BCUT2D eigenvalue weighted by molar-refractivity contribution is 7.10. The molecule has 0 saturated carbocycles. The molecule has 0 aliphatic carbocycles. The van der Waals surface area contributed by atoms with Crippen molar-refractivity contribution in [1.29, 1.82) is 0 Å². The normalized spacial score (nSPS) is 14.2. The number of esters is 1. The first-order chi connectivity index (χ1) is 14.1. The number of furan rings is 1. The van der Waals surface area contributed by atoms with Crippen LogP contribution in [0.4, 0.5) is 0 Å². The van der Waals surface area contributed by atoms with E-state index in [4.69, 9.17) is 13.9 Å². The summed E-state index contributed by atoms with van der Waals surface area (Å²) in [6.45, 7) is 1.78. The maximum atomic E-state index is 12.7. The zero-order valence-electron chi connectivity index (χ0n) is 15.3. The van der Waals surface area contributed by atoms with Crippen LogP contribution in [-0.4, -0.2) is 11.8 Å². The Morgan fingerprint density at radius 3 is 2.76 bits per heavy atom. The molecule has 142 valence electrons. The lowest BCUT2D eigenvalue weighted by molar-refractivity contribution is 0.0703. The minimum atomic E-state index is -0.612. The Balaban J connectivity index is 1.43. The summed E-state index contributed by atoms with van der Waals surface area (Å²) in [7, 11) is 0. The van der Waals surface area contributed by atoms with Crippen molar-refractivity contribution in [2.45, 2.75) is 6.92 Å². The van der Waals surface area contributed by atoms with E-state index in [1.807, 2.05) is 35.7 Å². The van der Waals surface area contributed by atoms with Crippen molar-refractivity contribution in [3.63, 3.8) is 0 Å². The Morgan fingerprint density at radius 2 is 1.97 bits per heavy atom. The number of aryl methyl sites for hydroxylation is 1. The molecule has 0 unspecified atom stereocenters. The van der Waals surface area contributed by atoms with Crippen molar-refractivity contribution in [3.8, 4) is 11.5 Å². The number of thiophene rings is 1. The molecular weight excluding hydrogens is 388 g/mol. The summed E-state index contributed by atoms with van der Waals surface area (Å²) < 4.78 is 16.8. The minimum Gasteiger partial charge on any atom is -0.452 e. The van der Waals surface area contributed by atoms with E-state index in [-0.39, 0.29) is 23.1 Å². The zero-order valence-corrected chi connectivity index (χ0v) is 16.1. The second-order valence-electron chi connectivity index (χ2n) is 6.61. The molecule has 6 heteroatoms. The Labute approximate surface area is 169 Å². The van der Waals surface area contributed by atoms with E-state index in [1.165, 1.54) is 11.3 Å². The third-order valence-electron chi connectivity index (χ3n) is 4.60. The molecule has 1 aliphatic heterocycles. The van der Waals surface area contributed by atoms with E-state index in [9.17, 15) is 9.59 Å². The molecule has 5 nitrogen and oxygen atoms in total. The first-order valence-corrected chi connectivity index (χ1v) is 9.79. The van der Waals surface area contributed by atoms with Crippen LogP contribution in [0.3, 0.4) is 0 Å². The van der Waals surface area contributed by atoms with E-state index in [0.29, 0.717) is 22.5 Å². The number of Topliss-reactive ketones (excluding diaryl/α,β-unsaturated/α-hetero) is 1. The largest absolute Gasteiger partial charge is 0.452 e. The van der Waals surface area contributed by atoms with Crippen molar-refractivity contribution < 1.29 is 23.5 Å². The number of rotatable bonds is 3. The van der Waals surface area contributed by atoms with Gasteiger partial charge < -0.3 is 13.9 Å². The van der Waals surface area contributed by atoms with Crippen LogP contribution in [0.5, 0.6) is 11.5 Å². The maximum absolute atomic E-state index is 12.7. The summed E-state index contributed by atoms with van der Waals surface area (Å²) in [6, 6.07) is 16.0. The molecule has 1 aliphatic rings. The third-order valence-corrected chi connectivity index (χ3v) is 5.42. The van der Waals surface area contributed by atoms with Crippen LogP contribution in [0, 0.1) is 6.92 Å². The van der Waals surface area contributed by atoms with Crippen LogP contribution >= 0.6 is 11.3 Å². The quantitative estimate of drug-likeness (QED) is 0.252. The predicted octanol–water partition coefficient (Wildman–Crippen LogP) is 5.64. The van der Waals surface area contributed by atoms with Gasteiger partial charge in [0.1, 0.15) is 17.1 Å². The second-order valence-corrected chi connectivity index (χ2v) is 7.59. The van der Waals surface area contributed by atoms with E-state index >= 15 is 0 Å². The molecule has 0 amide bonds. The highest BCUT2D eigenvalue weighted by Gasteiger charge is 2.30. The van der Waals surface area contributed by atoms with Crippen molar-refractivity contribution in [1.82, 2.24) is 0 Å². The number of allylic oxidation sites excluding steroid dienone is 1. The Morgan fingerprint density at radius 1 is 1.10 bits per heavy atom. The summed E-state index contributed by atoms with van der Waals surface area (Å²) in [6.07, 6.45) is 1.71. The average molecular weight is 402 g/mol. The fraction of sp³-hybridized carbons (Fsp3) is 0.0435. The molecule has 3 heterocycles. The van der Waals surface area contributed by atoms with Crippen molar-refractivity contribution in [2.24, 2.45) is 0 Å². The SMILES string of the molecule is Cc1cc(OC(=O)c2cc3ccccc3o2)cc2c1C(=O)/C(=C/c1cccs1)O2. The second kappa shape index (κ2) is 6.76. The summed E-state index contributed by atoms with van der Waals surface area (Å²) in [4.78, 5) is 26.1. The van der Waals surface area contributed by atoms with Gasteiger partial charge in [0, 0.05) is 22.4 Å². The van der Waals surface area contributed by atoms with Gasteiger partial charge in [-0.05, 0) is 42.1 Å². The molecule has 0 spiro atoms. The first-order valence-electron chi connectivity index (χ1n) is 8.91. The van der Waals surface area contributed by atoms with E-state index < -0.39 is 5.97 Å². The van der Waals surface area contributed by atoms with Crippen molar-refractivity contribution in [3.05, 3.63) is 87.5 Å². The van der Waals surface area contributed by atoms with Crippen molar-refractivity contribution in [2.75, 3.05) is 0 Å². The molecule has 0 atom stereocenters. The zero-order chi connectivity index (χ0) is 20.0. The topological polar surface area (TPSA) is 65.7 Å². The van der Waals surface area contributed by atoms with Gasteiger partial charge in [0.2, 0.25) is 11.5 Å². The number of hydrogen-bond acceptors (Lipinski definition) is 6. The molecule has 0 radical (unpaired) electrons. The van der Waals surface area contributed by atoms with Gasteiger partial charge >= 0.3 is 5.97 Å². The molecule has 0 bridgehead atoms. The molecule has 0 N–H and O–H groups in total. The van der Waals surface area contributed by atoms with Crippen molar-refractivity contribution >= 4 is 40.1 Å². The molecule has 2 aromatic carbocycles. The molecule has 29 heavy (non-hydrogen) atoms.